The van der Waals surface area contributed by atoms with Crippen LogP contribution in [-0.2, 0) is 9.53 Å². The van der Waals surface area contributed by atoms with Gasteiger partial charge in [0.15, 0.2) is 5.60 Å². The Morgan fingerprint density at radius 2 is 2.23 bits per heavy atom. The van der Waals surface area contributed by atoms with Gasteiger partial charge in [0.25, 0.3) is 11.6 Å². The number of primary amides is 1. The molecule has 4 N–H and O–H groups in total. The van der Waals surface area contributed by atoms with E-state index in [2.05, 4.69) is 10.3 Å². The van der Waals surface area contributed by atoms with Crippen molar-refractivity contribution in [1.29, 1.82) is 0 Å². The molecule has 0 aliphatic carbocycles. The van der Waals surface area contributed by atoms with Crippen molar-refractivity contribution in [2.45, 2.75) is 19.4 Å². The van der Waals surface area contributed by atoms with Crippen LogP contribution in [0.4, 0.5) is 11.5 Å². The predicted molar refractivity (Wildman–Crippen MR) is 75.2 cm³/mol. The lowest BCUT2D eigenvalue weighted by Gasteiger charge is -2.22. The summed E-state index contributed by atoms with van der Waals surface area (Å²) in [4.78, 5) is 36.5. The third-order valence-electron chi connectivity index (χ3n) is 2.66. The third kappa shape index (κ3) is 4.12. The van der Waals surface area contributed by atoms with Crippen LogP contribution in [0.1, 0.15) is 24.2 Å². The summed E-state index contributed by atoms with van der Waals surface area (Å²) in [6, 6.07) is 0.955. The first-order chi connectivity index (χ1) is 10.2. The molecule has 0 fully saturated rings. The van der Waals surface area contributed by atoms with Gasteiger partial charge in [0, 0.05) is 6.07 Å². The number of hydrogen-bond donors (Lipinski definition) is 3. The maximum absolute atomic E-state index is 11.5. The van der Waals surface area contributed by atoms with Gasteiger partial charge in [-0.3, -0.25) is 14.9 Å². The average molecular weight is 312 g/mol. The Morgan fingerprint density at radius 3 is 2.73 bits per heavy atom. The second-order valence-corrected chi connectivity index (χ2v) is 4.56. The van der Waals surface area contributed by atoms with Crippen molar-refractivity contribution in [2.75, 3.05) is 18.5 Å². The van der Waals surface area contributed by atoms with Crippen LogP contribution in [0.2, 0.25) is 0 Å². The number of ether oxygens (including phenoxy) is 1. The van der Waals surface area contributed by atoms with E-state index in [1.807, 2.05) is 0 Å². The monoisotopic (exact) mass is 312 g/mol. The molecule has 1 unspecified atom stereocenters. The largest absolute Gasteiger partial charge is 0.464 e. The topological polar surface area (TPSA) is 158 Å². The normalized spacial score (nSPS) is 13.0. The first-order valence-corrected chi connectivity index (χ1v) is 6.26. The maximum Gasteiger partial charge on any atom is 0.339 e. The number of nitrogens with two attached hydrogens (primary N) is 1. The van der Waals surface area contributed by atoms with E-state index in [9.17, 15) is 24.8 Å². The smallest absolute Gasteiger partial charge is 0.339 e. The predicted octanol–water partition coefficient (Wildman–Crippen LogP) is -0.185. The molecule has 0 saturated carbocycles. The van der Waals surface area contributed by atoms with E-state index in [4.69, 9.17) is 10.5 Å². The first-order valence-electron chi connectivity index (χ1n) is 6.26. The lowest BCUT2D eigenvalue weighted by atomic mass is 10.1. The number of nitro groups is 1. The van der Waals surface area contributed by atoms with Crippen molar-refractivity contribution in [1.82, 2.24) is 4.98 Å². The highest BCUT2D eigenvalue weighted by Crippen LogP contribution is 2.19. The van der Waals surface area contributed by atoms with Gasteiger partial charge in [0.2, 0.25) is 0 Å². The van der Waals surface area contributed by atoms with Gasteiger partial charge >= 0.3 is 5.97 Å². The van der Waals surface area contributed by atoms with E-state index in [1.54, 1.807) is 6.92 Å². The van der Waals surface area contributed by atoms with Crippen molar-refractivity contribution in [2.24, 2.45) is 5.73 Å². The van der Waals surface area contributed by atoms with E-state index in [1.165, 1.54) is 6.92 Å². The quantitative estimate of drug-likeness (QED) is 0.355. The minimum atomic E-state index is -1.87. The Hall–Kier alpha value is -2.75. The molecule has 1 amide bonds. The Balaban J connectivity index is 2.96. The minimum absolute atomic E-state index is 0.0809. The molecular formula is C12H16N4O6. The molecule has 120 valence electrons. The Bertz CT molecular complexity index is 601. The molecule has 1 rings (SSSR count). The second kappa shape index (κ2) is 6.80. The van der Waals surface area contributed by atoms with Gasteiger partial charge in [0.1, 0.15) is 12.0 Å². The molecule has 10 nitrogen and oxygen atoms in total. The zero-order valence-electron chi connectivity index (χ0n) is 12.0. The number of esters is 1. The van der Waals surface area contributed by atoms with Gasteiger partial charge in [-0.15, -0.1) is 0 Å². The summed E-state index contributed by atoms with van der Waals surface area (Å²) in [5.41, 5.74) is 2.63. The number of nitrogens with one attached hydrogen (secondary N) is 1. The molecule has 0 saturated heterocycles. The number of amides is 1. The van der Waals surface area contributed by atoms with Crippen molar-refractivity contribution in [3.63, 3.8) is 0 Å². The molecule has 0 bridgehead atoms. The van der Waals surface area contributed by atoms with Crippen LogP contribution in [0.3, 0.4) is 0 Å². The molecule has 1 heterocycles. The summed E-state index contributed by atoms with van der Waals surface area (Å²) in [5.74, 6) is -1.87. The Kier molecular flexibility index (Phi) is 5.35. The van der Waals surface area contributed by atoms with Gasteiger partial charge in [-0.25, -0.2) is 9.78 Å². The van der Waals surface area contributed by atoms with Crippen LogP contribution in [0.5, 0.6) is 0 Å². The summed E-state index contributed by atoms with van der Waals surface area (Å²) in [6.07, 6.45) is 0.924. The lowest BCUT2D eigenvalue weighted by molar-refractivity contribution is -0.385. The number of nitrogens with zero attached hydrogens (tertiary/aromatic N) is 2. The van der Waals surface area contributed by atoms with Crippen LogP contribution in [-0.4, -0.2) is 45.6 Å². The van der Waals surface area contributed by atoms with Crippen molar-refractivity contribution in [3.8, 4) is 0 Å². The van der Waals surface area contributed by atoms with Crippen molar-refractivity contribution >= 4 is 23.4 Å². The van der Waals surface area contributed by atoms with Crippen molar-refractivity contribution < 1.29 is 24.4 Å². The summed E-state index contributed by atoms with van der Waals surface area (Å²) >= 11 is 0. The molecule has 1 aromatic rings. The zero-order chi connectivity index (χ0) is 16.9. The highest BCUT2D eigenvalue weighted by molar-refractivity contribution is 5.98. The molecule has 1 atom stereocenters. The molecule has 0 radical (unpaired) electrons. The molecule has 10 heteroatoms. The molecule has 0 aliphatic heterocycles. The molecule has 1 aromatic heterocycles. The molecule has 0 spiro atoms. The summed E-state index contributed by atoms with van der Waals surface area (Å²) in [6.45, 7) is 2.58. The Morgan fingerprint density at radius 1 is 1.59 bits per heavy atom. The van der Waals surface area contributed by atoms with E-state index in [0.717, 1.165) is 12.3 Å². The van der Waals surface area contributed by atoms with Crippen LogP contribution >= 0.6 is 0 Å². The molecule has 22 heavy (non-hydrogen) atoms. The summed E-state index contributed by atoms with van der Waals surface area (Å²) in [7, 11) is 0. The van der Waals surface area contributed by atoms with Crippen LogP contribution in [0.15, 0.2) is 12.3 Å². The van der Waals surface area contributed by atoms with Crippen molar-refractivity contribution in [3.05, 3.63) is 27.9 Å². The third-order valence-corrected chi connectivity index (χ3v) is 2.66. The van der Waals surface area contributed by atoms with Gasteiger partial charge in [-0.1, -0.05) is 0 Å². The Labute approximate surface area is 125 Å². The van der Waals surface area contributed by atoms with Gasteiger partial charge < -0.3 is 20.9 Å². The van der Waals surface area contributed by atoms with Gasteiger partial charge in [-0.2, -0.15) is 0 Å². The maximum atomic E-state index is 11.5. The van der Waals surface area contributed by atoms with Crippen LogP contribution < -0.4 is 11.1 Å². The second-order valence-electron chi connectivity index (χ2n) is 4.56. The number of aliphatic hydroxyl groups is 1. The molecule has 0 aliphatic rings. The number of hydrogen-bond acceptors (Lipinski definition) is 8. The number of pyridine rings is 1. The van der Waals surface area contributed by atoms with Crippen LogP contribution in [0.25, 0.3) is 0 Å². The number of aromatic nitrogens is 1. The van der Waals surface area contributed by atoms with Crippen LogP contribution in [0, 0.1) is 10.1 Å². The van der Waals surface area contributed by atoms with E-state index in [-0.39, 0.29) is 24.5 Å². The first kappa shape index (κ1) is 17.3. The van der Waals surface area contributed by atoms with Gasteiger partial charge in [-0.05, 0) is 13.8 Å². The van der Waals surface area contributed by atoms with E-state index in [0.29, 0.717) is 0 Å². The summed E-state index contributed by atoms with van der Waals surface area (Å²) in [5, 5.41) is 23.2. The van der Waals surface area contributed by atoms with E-state index < -0.39 is 28.1 Å². The SMILES string of the molecule is CCOC(=O)C(C)(O)CNc1ncc([N+](=O)[O-])cc1C(N)=O. The van der Waals surface area contributed by atoms with E-state index >= 15 is 0 Å². The highest BCUT2D eigenvalue weighted by Gasteiger charge is 2.32. The zero-order valence-corrected chi connectivity index (χ0v) is 12.0. The minimum Gasteiger partial charge on any atom is -0.464 e. The molecule has 0 aromatic carbocycles. The standard InChI is InChI=1S/C12H16N4O6/c1-3-22-11(18)12(2,19)6-15-10-8(9(13)17)4-7(5-14-10)16(20)21/h4-5,19H,3,6H2,1-2H3,(H2,13,17)(H,14,15). The lowest BCUT2D eigenvalue weighted by Crippen LogP contribution is -2.43. The fourth-order valence-corrected chi connectivity index (χ4v) is 1.50. The number of rotatable bonds is 7. The fraction of sp³-hybridized carbons (Fsp3) is 0.417. The fourth-order valence-electron chi connectivity index (χ4n) is 1.50. The summed E-state index contributed by atoms with van der Waals surface area (Å²) < 4.78 is 4.69. The average Bonchev–Trinajstić information content (AvgIpc) is 2.45. The van der Waals surface area contributed by atoms with Gasteiger partial charge in [0.05, 0.1) is 23.6 Å². The number of anilines is 1. The highest BCUT2D eigenvalue weighted by atomic mass is 16.6. The number of carbonyl (C=O) groups is 2. The number of carbonyl (C=O) groups excluding carboxylic acids is 2. The molecular weight excluding hydrogens is 296 g/mol.